The number of carbonyl (C=O) groups is 1. The zero-order valence-electron chi connectivity index (χ0n) is 13.5. The van der Waals surface area contributed by atoms with Gasteiger partial charge in [0.2, 0.25) is 5.91 Å². The van der Waals surface area contributed by atoms with Crippen molar-refractivity contribution >= 4 is 15.7 Å². The zero-order chi connectivity index (χ0) is 17.3. The number of hydrogen-bond donors (Lipinski definition) is 2. The van der Waals surface area contributed by atoms with Crippen LogP contribution in [0.2, 0.25) is 0 Å². The molecule has 23 heavy (non-hydrogen) atoms. The van der Waals surface area contributed by atoms with Crippen molar-refractivity contribution in [2.75, 3.05) is 33.1 Å². The Bertz CT molecular complexity index is 616. The molecule has 0 saturated carbocycles. The Labute approximate surface area is 137 Å². The Morgan fingerprint density at radius 2 is 1.87 bits per heavy atom. The lowest BCUT2D eigenvalue weighted by molar-refractivity contribution is -0.120. The molecule has 0 atom stereocenters. The first kappa shape index (κ1) is 19.2. The van der Waals surface area contributed by atoms with Gasteiger partial charge in [-0.3, -0.25) is 4.79 Å². The molecule has 0 saturated heterocycles. The second-order valence-electron chi connectivity index (χ2n) is 4.93. The van der Waals surface area contributed by atoms with Crippen LogP contribution < -0.4 is 20.5 Å². The minimum absolute atomic E-state index is 0.0840. The topological polar surface area (TPSA) is 108 Å². The lowest BCUT2D eigenvalue weighted by Crippen LogP contribution is -2.26. The molecule has 0 aromatic heterocycles. The van der Waals surface area contributed by atoms with Crippen LogP contribution >= 0.6 is 0 Å². The molecular formula is C15H24N2O5S. The fraction of sp³-hybridized carbons (Fsp3) is 0.533. The van der Waals surface area contributed by atoms with Gasteiger partial charge in [-0.15, -0.1) is 0 Å². The Morgan fingerprint density at radius 1 is 1.17 bits per heavy atom. The molecule has 0 unspecified atom stereocenters. The van der Waals surface area contributed by atoms with Gasteiger partial charge in [-0.2, -0.15) is 0 Å². The molecule has 0 aliphatic carbocycles. The number of amides is 1. The average Bonchev–Trinajstić information content (AvgIpc) is 2.56. The molecule has 1 aromatic carbocycles. The van der Waals surface area contributed by atoms with E-state index in [4.69, 9.17) is 15.2 Å². The summed E-state index contributed by atoms with van der Waals surface area (Å²) in [5.41, 5.74) is 5.36. The number of sulfone groups is 1. The zero-order valence-corrected chi connectivity index (χ0v) is 14.3. The first-order valence-corrected chi connectivity index (χ1v) is 9.01. The molecule has 0 aliphatic rings. The van der Waals surface area contributed by atoms with E-state index in [0.29, 0.717) is 24.6 Å². The Morgan fingerprint density at radius 3 is 2.48 bits per heavy atom. The van der Waals surface area contributed by atoms with Gasteiger partial charge in [0.25, 0.3) is 0 Å². The van der Waals surface area contributed by atoms with Crippen LogP contribution in [0.15, 0.2) is 23.1 Å². The van der Waals surface area contributed by atoms with Crippen molar-refractivity contribution in [3.8, 4) is 11.5 Å². The van der Waals surface area contributed by atoms with Crippen LogP contribution in [0.4, 0.5) is 0 Å². The van der Waals surface area contributed by atoms with Crippen molar-refractivity contribution in [2.45, 2.75) is 24.2 Å². The lowest BCUT2D eigenvalue weighted by Gasteiger charge is -2.10. The largest absolute Gasteiger partial charge is 0.493 e. The van der Waals surface area contributed by atoms with E-state index >= 15 is 0 Å². The van der Waals surface area contributed by atoms with Crippen LogP contribution in [-0.2, 0) is 14.6 Å². The summed E-state index contributed by atoms with van der Waals surface area (Å²) in [6.45, 7) is 1.08. The van der Waals surface area contributed by atoms with Gasteiger partial charge in [0.05, 0.1) is 24.9 Å². The van der Waals surface area contributed by atoms with Gasteiger partial charge in [-0.25, -0.2) is 8.42 Å². The van der Waals surface area contributed by atoms with Crippen molar-refractivity contribution in [1.29, 1.82) is 0 Å². The van der Waals surface area contributed by atoms with Crippen molar-refractivity contribution in [3.05, 3.63) is 18.2 Å². The molecule has 0 spiro atoms. The van der Waals surface area contributed by atoms with Gasteiger partial charge < -0.3 is 20.5 Å². The van der Waals surface area contributed by atoms with Gasteiger partial charge in [0, 0.05) is 19.0 Å². The maximum absolute atomic E-state index is 12.3. The number of rotatable bonds is 10. The first-order valence-electron chi connectivity index (χ1n) is 7.36. The number of nitrogens with one attached hydrogen (secondary N) is 1. The highest BCUT2D eigenvalue weighted by molar-refractivity contribution is 7.91. The lowest BCUT2D eigenvalue weighted by atomic mass is 10.3. The summed E-state index contributed by atoms with van der Waals surface area (Å²) in [5.74, 6) is 0.237. The summed E-state index contributed by atoms with van der Waals surface area (Å²) in [6.07, 6.45) is 1.52. The summed E-state index contributed by atoms with van der Waals surface area (Å²) in [6, 6.07) is 4.36. The minimum atomic E-state index is -3.56. The van der Waals surface area contributed by atoms with Gasteiger partial charge in [-0.05, 0) is 31.5 Å². The summed E-state index contributed by atoms with van der Waals surface area (Å²) >= 11 is 0. The van der Waals surface area contributed by atoms with Crippen LogP contribution in [0, 0.1) is 0 Å². The molecule has 130 valence electrons. The van der Waals surface area contributed by atoms with E-state index in [1.807, 2.05) is 0 Å². The highest BCUT2D eigenvalue weighted by Gasteiger charge is 2.18. The number of hydrogen-bond acceptors (Lipinski definition) is 6. The standard InChI is InChI=1S/C15H24N2O5S/c1-21-13-6-5-12(11-14(13)22-2)23(19,20)10-7-15(18)17-9-4-3-8-16/h5-6,11H,3-4,7-10,16H2,1-2H3,(H,17,18). The van der Waals surface area contributed by atoms with Crippen LogP contribution in [0.1, 0.15) is 19.3 Å². The molecule has 3 N–H and O–H groups in total. The Balaban J connectivity index is 2.64. The predicted octanol–water partition coefficient (Wildman–Crippen LogP) is 0.723. The molecule has 0 bridgehead atoms. The monoisotopic (exact) mass is 344 g/mol. The summed E-state index contributed by atoms with van der Waals surface area (Å²) in [4.78, 5) is 11.8. The number of nitrogens with two attached hydrogens (primary N) is 1. The molecule has 7 nitrogen and oxygen atoms in total. The molecule has 8 heteroatoms. The third-order valence-corrected chi connectivity index (χ3v) is 4.98. The van der Waals surface area contributed by atoms with Gasteiger partial charge >= 0.3 is 0 Å². The summed E-state index contributed by atoms with van der Waals surface area (Å²) in [5, 5.41) is 2.68. The normalized spacial score (nSPS) is 11.1. The fourth-order valence-corrected chi connectivity index (χ4v) is 3.19. The summed E-state index contributed by atoms with van der Waals surface area (Å²) < 4.78 is 34.7. The van der Waals surface area contributed by atoms with Gasteiger partial charge in [0.1, 0.15) is 0 Å². The second kappa shape index (κ2) is 9.36. The molecule has 1 amide bonds. The van der Waals surface area contributed by atoms with Crippen LogP contribution in [0.3, 0.4) is 0 Å². The molecular weight excluding hydrogens is 320 g/mol. The molecule has 0 heterocycles. The van der Waals surface area contributed by atoms with Crippen LogP contribution in [-0.4, -0.2) is 47.4 Å². The fourth-order valence-electron chi connectivity index (χ4n) is 1.94. The van der Waals surface area contributed by atoms with E-state index in [0.717, 1.165) is 12.8 Å². The number of benzene rings is 1. The van der Waals surface area contributed by atoms with Gasteiger partial charge in [0.15, 0.2) is 21.3 Å². The predicted molar refractivity (Wildman–Crippen MR) is 87.5 cm³/mol. The average molecular weight is 344 g/mol. The van der Waals surface area contributed by atoms with E-state index in [2.05, 4.69) is 5.32 Å². The Hall–Kier alpha value is -1.80. The van der Waals surface area contributed by atoms with E-state index < -0.39 is 9.84 Å². The summed E-state index contributed by atoms with van der Waals surface area (Å²) in [7, 11) is -0.658. The van der Waals surface area contributed by atoms with Crippen LogP contribution in [0.5, 0.6) is 11.5 Å². The van der Waals surface area contributed by atoms with Crippen molar-refractivity contribution in [2.24, 2.45) is 5.73 Å². The molecule has 1 aromatic rings. The quantitative estimate of drug-likeness (QED) is 0.606. The van der Waals surface area contributed by atoms with Crippen molar-refractivity contribution in [3.63, 3.8) is 0 Å². The van der Waals surface area contributed by atoms with Gasteiger partial charge in [-0.1, -0.05) is 0 Å². The SMILES string of the molecule is COc1ccc(S(=O)(=O)CCC(=O)NCCCCN)cc1OC. The molecule has 0 aliphatic heterocycles. The smallest absolute Gasteiger partial charge is 0.221 e. The van der Waals surface area contributed by atoms with E-state index in [9.17, 15) is 13.2 Å². The highest BCUT2D eigenvalue weighted by atomic mass is 32.2. The molecule has 1 rings (SSSR count). The van der Waals surface area contributed by atoms with Crippen LogP contribution in [0.25, 0.3) is 0 Å². The highest BCUT2D eigenvalue weighted by Crippen LogP contribution is 2.29. The number of methoxy groups -OCH3 is 2. The second-order valence-corrected chi connectivity index (χ2v) is 7.04. The number of carbonyl (C=O) groups excluding carboxylic acids is 1. The maximum atomic E-state index is 12.3. The van der Waals surface area contributed by atoms with E-state index in [1.165, 1.54) is 32.4 Å². The van der Waals surface area contributed by atoms with E-state index in [1.54, 1.807) is 0 Å². The molecule has 0 fully saturated rings. The maximum Gasteiger partial charge on any atom is 0.221 e. The first-order chi connectivity index (χ1) is 10.9. The number of ether oxygens (including phenoxy) is 2. The third kappa shape index (κ3) is 6.07. The minimum Gasteiger partial charge on any atom is -0.493 e. The number of unbranched alkanes of at least 4 members (excludes halogenated alkanes) is 1. The van der Waals surface area contributed by atoms with Crippen molar-refractivity contribution in [1.82, 2.24) is 5.32 Å². The third-order valence-electron chi connectivity index (χ3n) is 3.27. The Kier molecular flexibility index (Phi) is 7.84. The van der Waals surface area contributed by atoms with E-state index in [-0.39, 0.29) is 23.0 Å². The van der Waals surface area contributed by atoms with Crippen molar-refractivity contribution < 1.29 is 22.7 Å². The molecule has 0 radical (unpaired) electrons.